The average Bonchev–Trinajstić information content (AvgIpc) is 3.45. The summed E-state index contributed by atoms with van der Waals surface area (Å²) < 4.78 is 46.8. The van der Waals surface area contributed by atoms with Crippen molar-refractivity contribution >= 4 is 40.6 Å². The van der Waals surface area contributed by atoms with Crippen LogP contribution < -0.4 is 26.0 Å². The Hall–Kier alpha value is -3.94. The molecule has 46 heavy (non-hydrogen) atoms. The number of nitrogens with one attached hydrogen (secondary N) is 4. The number of carbonyl (C=O) groups excluding carboxylic acids is 1. The summed E-state index contributed by atoms with van der Waals surface area (Å²) in [4.78, 5) is 20.0. The molecule has 2 aromatic carbocycles. The maximum Gasteiger partial charge on any atom is 0.387 e. The predicted octanol–water partition coefficient (Wildman–Crippen LogP) is 6.05. The van der Waals surface area contributed by atoms with Gasteiger partial charge in [0.15, 0.2) is 11.6 Å². The van der Waals surface area contributed by atoms with Crippen molar-refractivity contribution in [2.24, 2.45) is 0 Å². The van der Waals surface area contributed by atoms with Gasteiger partial charge in [-0.05, 0) is 30.7 Å². The second kappa shape index (κ2) is 15.6. The molecular formula is C32H31Cl2F3N6O3. The van der Waals surface area contributed by atoms with Crippen molar-refractivity contribution < 1.29 is 27.8 Å². The number of amides is 1. The highest BCUT2D eigenvalue weighted by atomic mass is 35.5. The van der Waals surface area contributed by atoms with Gasteiger partial charge < -0.3 is 31.1 Å². The van der Waals surface area contributed by atoms with Crippen LogP contribution in [0.4, 0.5) is 24.7 Å². The molecule has 0 aliphatic carbocycles. The number of hydrogen-bond acceptors (Lipinski definition) is 8. The second-order valence-electron chi connectivity index (χ2n) is 10.5. The molecule has 1 amide bonds. The van der Waals surface area contributed by atoms with Crippen molar-refractivity contribution in [3.05, 3.63) is 87.9 Å². The summed E-state index contributed by atoms with van der Waals surface area (Å²) in [5.74, 6) is -0.637. The molecular weight excluding hydrogens is 644 g/mol. The van der Waals surface area contributed by atoms with E-state index in [1.165, 1.54) is 18.5 Å². The highest BCUT2D eigenvalue weighted by Crippen LogP contribution is 2.42. The molecule has 242 valence electrons. The number of rotatable bonds is 14. The molecule has 5 N–H and O–H groups in total. The Balaban J connectivity index is 1.39. The van der Waals surface area contributed by atoms with Crippen molar-refractivity contribution in [2.45, 2.75) is 38.6 Å². The molecule has 0 saturated carbocycles. The van der Waals surface area contributed by atoms with Crippen molar-refractivity contribution in [1.82, 2.24) is 25.9 Å². The highest BCUT2D eigenvalue weighted by Gasteiger charge is 2.21. The third-order valence-electron chi connectivity index (χ3n) is 7.35. The number of aliphatic hydroxyl groups excluding tert-OH is 1. The Morgan fingerprint density at radius 3 is 2.54 bits per heavy atom. The van der Waals surface area contributed by atoms with Gasteiger partial charge in [-0.15, -0.1) is 0 Å². The van der Waals surface area contributed by atoms with Crippen LogP contribution in [0, 0.1) is 5.82 Å². The Kier molecular flexibility index (Phi) is 11.3. The van der Waals surface area contributed by atoms with Crippen LogP contribution in [-0.4, -0.2) is 53.3 Å². The van der Waals surface area contributed by atoms with Gasteiger partial charge in [-0.25, -0.2) is 9.37 Å². The lowest BCUT2D eigenvalue weighted by molar-refractivity contribution is -0.119. The fraction of sp³-hybridized carbons (Fsp3) is 0.281. The molecule has 1 fully saturated rings. The number of alkyl halides is 2. The standard InChI is InChI=1S/C32H31Cl2F3N6O3/c33-27-22(2-1-3-24(27)43-31-29(35)20(8-10-41-31)16-38-12-13-44)23-9-11-40-30(28(23)34)18-4-5-19(25(14-18)46-32(36)37)15-39-17-21-6-7-26(45)42-21/h1-5,8-11,14,21,32,38-39,44H,6-7,12-13,15-17H2,(H,41,43)(H,42,45). The van der Waals surface area contributed by atoms with Crippen LogP contribution in [0.15, 0.2) is 60.9 Å². The zero-order valence-electron chi connectivity index (χ0n) is 24.4. The quantitative estimate of drug-likeness (QED) is 0.103. The molecule has 1 unspecified atom stereocenters. The number of aliphatic hydroxyl groups is 1. The van der Waals surface area contributed by atoms with Gasteiger partial charge in [-0.3, -0.25) is 9.78 Å². The van der Waals surface area contributed by atoms with E-state index in [1.54, 1.807) is 42.5 Å². The summed E-state index contributed by atoms with van der Waals surface area (Å²) in [6.07, 6.45) is 4.16. The van der Waals surface area contributed by atoms with Crippen LogP contribution in [0.25, 0.3) is 22.4 Å². The van der Waals surface area contributed by atoms with Crippen LogP contribution in [0.5, 0.6) is 5.75 Å². The first kappa shape index (κ1) is 33.4. The zero-order chi connectivity index (χ0) is 32.6. The van der Waals surface area contributed by atoms with Crippen molar-refractivity contribution in [2.75, 3.05) is 25.0 Å². The number of ether oxygens (including phenoxy) is 1. The minimum atomic E-state index is -3.05. The molecule has 9 nitrogen and oxygen atoms in total. The maximum atomic E-state index is 15.2. The number of halogens is 5. The first-order valence-corrected chi connectivity index (χ1v) is 15.2. The van der Waals surface area contributed by atoms with Crippen molar-refractivity contribution in [1.29, 1.82) is 0 Å². The van der Waals surface area contributed by atoms with E-state index in [2.05, 4.69) is 31.2 Å². The van der Waals surface area contributed by atoms with Gasteiger partial charge in [-0.2, -0.15) is 8.78 Å². The van der Waals surface area contributed by atoms with E-state index in [0.717, 1.165) is 0 Å². The lowest BCUT2D eigenvalue weighted by atomic mass is 10.0. The van der Waals surface area contributed by atoms with Crippen LogP contribution in [0.3, 0.4) is 0 Å². The van der Waals surface area contributed by atoms with E-state index < -0.39 is 12.4 Å². The summed E-state index contributed by atoms with van der Waals surface area (Å²) in [6, 6.07) is 13.1. The van der Waals surface area contributed by atoms with Crippen LogP contribution in [-0.2, 0) is 17.9 Å². The third-order valence-corrected chi connectivity index (χ3v) is 8.14. The summed E-state index contributed by atoms with van der Waals surface area (Å²) in [6.45, 7) is -1.88. The lowest BCUT2D eigenvalue weighted by Crippen LogP contribution is -2.35. The number of aromatic nitrogens is 2. The van der Waals surface area contributed by atoms with Gasteiger partial charge in [0.2, 0.25) is 5.91 Å². The Bertz CT molecular complexity index is 1700. The van der Waals surface area contributed by atoms with Crippen LogP contribution >= 0.6 is 23.2 Å². The van der Waals surface area contributed by atoms with Gasteiger partial charge in [0.25, 0.3) is 0 Å². The molecule has 1 saturated heterocycles. The normalized spacial score (nSPS) is 14.5. The monoisotopic (exact) mass is 674 g/mol. The van der Waals surface area contributed by atoms with Gasteiger partial charge in [0, 0.05) is 78.9 Å². The SMILES string of the molecule is O=C1CCC(CNCc2ccc(-c3nccc(-c4cccc(Nc5nccc(CNCCO)c5F)c4Cl)c3Cl)cc2OC(F)F)N1. The number of carbonyl (C=O) groups is 1. The van der Waals surface area contributed by atoms with E-state index in [1.807, 2.05) is 0 Å². The lowest BCUT2D eigenvalue weighted by Gasteiger charge is -2.17. The molecule has 0 bridgehead atoms. The number of hydrogen-bond donors (Lipinski definition) is 5. The van der Waals surface area contributed by atoms with E-state index in [0.29, 0.717) is 65.1 Å². The summed E-state index contributed by atoms with van der Waals surface area (Å²) in [5, 5.41) is 21.4. The fourth-order valence-electron chi connectivity index (χ4n) is 5.09. The minimum Gasteiger partial charge on any atom is -0.434 e. The third kappa shape index (κ3) is 8.06. The highest BCUT2D eigenvalue weighted by molar-refractivity contribution is 6.39. The maximum absolute atomic E-state index is 15.2. The molecule has 1 aliphatic heterocycles. The Morgan fingerprint density at radius 2 is 1.78 bits per heavy atom. The van der Waals surface area contributed by atoms with Gasteiger partial charge in [0.1, 0.15) is 5.75 Å². The number of anilines is 2. The molecule has 0 radical (unpaired) electrons. The van der Waals surface area contributed by atoms with Crippen LogP contribution in [0.2, 0.25) is 10.0 Å². The molecule has 1 aliphatic rings. The zero-order valence-corrected chi connectivity index (χ0v) is 25.9. The topological polar surface area (TPSA) is 120 Å². The van der Waals surface area contributed by atoms with Gasteiger partial charge in [0.05, 0.1) is 28.0 Å². The van der Waals surface area contributed by atoms with Crippen molar-refractivity contribution in [3.63, 3.8) is 0 Å². The molecule has 4 aromatic rings. The van der Waals surface area contributed by atoms with Gasteiger partial charge in [-0.1, -0.05) is 47.5 Å². The summed E-state index contributed by atoms with van der Waals surface area (Å²) in [5.41, 5.74) is 3.02. The minimum absolute atomic E-state index is 0.00604. The van der Waals surface area contributed by atoms with E-state index in [9.17, 15) is 13.6 Å². The first-order valence-electron chi connectivity index (χ1n) is 14.5. The van der Waals surface area contributed by atoms with E-state index in [4.69, 9.17) is 33.0 Å². The fourth-order valence-corrected chi connectivity index (χ4v) is 5.69. The number of benzene rings is 2. The first-order chi connectivity index (χ1) is 22.2. The van der Waals surface area contributed by atoms with E-state index in [-0.39, 0.29) is 53.3 Å². The molecule has 0 spiro atoms. The second-order valence-corrected chi connectivity index (χ2v) is 11.2. The summed E-state index contributed by atoms with van der Waals surface area (Å²) in [7, 11) is 0. The smallest absolute Gasteiger partial charge is 0.387 e. The Morgan fingerprint density at radius 1 is 1.00 bits per heavy atom. The molecule has 14 heteroatoms. The van der Waals surface area contributed by atoms with E-state index >= 15 is 4.39 Å². The number of nitrogens with zero attached hydrogens (tertiary/aromatic N) is 2. The molecule has 3 heterocycles. The Labute approximate surface area is 273 Å². The van der Waals surface area contributed by atoms with Crippen molar-refractivity contribution in [3.8, 4) is 28.1 Å². The molecule has 1 atom stereocenters. The molecule has 2 aromatic heterocycles. The number of pyridine rings is 2. The predicted molar refractivity (Wildman–Crippen MR) is 171 cm³/mol. The van der Waals surface area contributed by atoms with Gasteiger partial charge >= 0.3 is 6.61 Å². The molecule has 5 rings (SSSR count). The average molecular weight is 676 g/mol. The van der Waals surface area contributed by atoms with Crippen LogP contribution in [0.1, 0.15) is 24.0 Å². The largest absolute Gasteiger partial charge is 0.434 e. The summed E-state index contributed by atoms with van der Waals surface area (Å²) >= 11 is 13.7.